The van der Waals surface area contributed by atoms with Crippen LogP contribution in [0.3, 0.4) is 0 Å². The van der Waals surface area contributed by atoms with Crippen LogP contribution in [-0.4, -0.2) is 29.7 Å². The summed E-state index contributed by atoms with van der Waals surface area (Å²) in [6.07, 6.45) is 3.17. The van der Waals surface area contributed by atoms with Crippen molar-refractivity contribution in [3.05, 3.63) is 64.7 Å². The second-order valence-corrected chi connectivity index (χ2v) is 7.47. The molecule has 22 heavy (non-hydrogen) atoms. The largest absolute Gasteiger partial charge is 0.309 e. The van der Waals surface area contributed by atoms with Crippen molar-refractivity contribution < 1.29 is 4.21 Å². The fourth-order valence-corrected chi connectivity index (χ4v) is 4.22. The molecule has 1 aliphatic rings. The van der Waals surface area contributed by atoms with E-state index in [0.717, 1.165) is 39.5 Å². The summed E-state index contributed by atoms with van der Waals surface area (Å²) in [6.45, 7) is 0.977. The molecule has 2 aromatic rings. The molecule has 0 spiro atoms. The summed E-state index contributed by atoms with van der Waals surface area (Å²) in [6, 6.07) is 13.5. The number of halogens is 1. The van der Waals surface area contributed by atoms with E-state index in [9.17, 15) is 4.21 Å². The van der Waals surface area contributed by atoms with E-state index in [2.05, 4.69) is 25.1 Å². The molecule has 2 aromatic carbocycles. The number of benzene rings is 2. The van der Waals surface area contributed by atoms with Gasteiger partial charge < -0.3 is 4.90 Å². The molecule has 0 fully saturated rings. The van der Waals surface area contributed by atoms with Gasteiger partial charge in [0.25, 0.3) is 0 Å². The monoisotopic (exact) mass is 331 g/mol. The van der Waals surface area contributed by atoms with Crippen molar-refractivity contribution in [2.24, 2.45) is 0 Å². The third-order valence-corrected chi connectivity index (χ3v) is 5.48. The maximum Gasteiger partial charge on any atom is 0.0862 e. The number of fused-ring (bicyclic) bond motifs is 2. The van der Waals surface area contributed by atoms with Crippen molar-refractivity contribution in [2.75, 3.05) is 20.6 Å². The smallest absolute Gasteiger partial charge is 0.0862 e. The summed E-state index contributed by atoms with van der Waals surface area (Å²) in [5.41, 5.74) is 3.17. The molecular weight excluding hydrogens is 314 g/mol. The summed E-state index contributed by atoms with van der Waals surface area (Å²) < 4.78 is 12.8. The molecule has 2 nitrogen and oxygen atoms in total. The number of hydrogen-bond donors (Lipinski definition) is 0. The Kier molecular flexibility index (Phi) is 4.48. The Morgan fingerprint density at radius 2 is 1.82 bits per heavy atom. The highest BCUT2D eigenvalue weighted by molar-refractivity contribution is 7.85. The normalized spacial score (nSPS) is 18.4. The van der Waals surface area contributed by atoms with E-state index in [4.69, 9.17) is 11.6 Å². The van der Waals surface area contributed by atoms with E-state index >= 15 is 0 Å². The lowest BCUT2D eigenvalue weighted by molar-refractivity contribution is 0.417. The minimum absolute atomic E-state index is 0.675. The highest BCUT2D eigenvalue weighted by Crippen LogP contribution is 2.40. The van der Waals surface area contributed by atoms with Gasteiger partial charge in [0.05, 0.1) is 20.6 Å². The molecule has 0 unspecified atom stereocenters. The average molecular weight is 332 g/mol. The summed E-state index contributed by atoms with van der Waals surface area (Å²) in [7, 11) is 2.98. The average Bonchev–Trinajstić information content (AvgIpc) is 2.50. The molecule has 1 heterocycles. The molecule has 0 N–H and O–H groups in total. The summed E-state index contributed by atoms with van der Waals surface area (Å²) >= 11 is 6.17. The molecule has 0 amide bonds. The summed E-state index contributed by atoms with van der Waals surface area (Å²) in [5.74, 6) is 0. The van der Waals surface area contributed by atoms with Gasteiger partial charge in [-0.25, -0.2) is 4.21 Å². The second kappa shape index (κ2) is 6.37. The summed E-state index contributed by atoms with van der Waals surface area (Å²) in [4.78, 5) is 3.88. The first kappa shape index (κ1) is 15.5. The lowest BCUT2D eigenvalue weighted by Crippen LogP contribution is -2.13. The third kappa shape index (κ3) is 2.89. The van der Waals surface area contributed by atoms with Gasteiger partial charge in [-0.1, -0.05) is 35.9 Å². The van der Waals surface area contributed by atoms with E-state index in [1.165, 1.54) is 0 Å². The minimum atomic E-state index is -1.14. The predicted octanol–water partition coefficient (Wildman–Crippen LogP) is 4.20. The zero-order chi connectivity index (χ0) is 15.7. The molecule has 0 bridgehead atoms. The van der Waals surface area contributed by atoms with Crippen molar-refractivity contribution in [3.63, 3.8) is 0 Å². The molecule has 0 saturated carbocycles. The molecule has 1 atom stereocenters. The number of hydrogen-bond acceptors (Lipinski definition) is 2. The van der Waals surface area contributed by atoms with E-state index < -0.39 is 10.8 Å². The Balaban J connectivity index is 2.14. The van der Waals surface area contributed by atoms with Gasteiger partial charge in [-0.15, -0.1) is 0 Å². The molecule has 4 heteroatoms. The molecule has 1 aliphatic heterocycles. The highest BCUT2D eigenvalue weighted by atomic mass is 35.5. The molecule has 3 rings (SSSR count). The van der Waals surface area contributed by atoms with Gasteiger partial charge in [-0.05, 0) is 61.5 Å². The third-order valence-electron chi connectivity index (χ3n) is 3.73. The van der Waals surface area contributed by atoms with Gasteiger partial charge in [0.15, 0.2) is 0 Å². The lowest BCUT2D eigenvalue weighted by Gasteiger charge is -2.22. The maximum absolute atomic E-state index is 12.8. The Morgan fingerprint density at radius 3 is 2.59 bits per heavy atom. The first-order valence-corrected chi connectivity index (χ1v) is 8.76. The molecule has 0 radical (unpaired) electrons. The Hall–Kier alpha value is -1.42. The molecule has 0 aromatic heterocycles. The van der Waals surface area contributed by atoms with Crippen LogP contribution in [0.5, 0.6) is 0 Å². The van der Waals surface area contributed by atoms with E-state index in [-0.39, 0.29) is 0 Å². The van der Waals surface area contributed by atoms with Crippen LogP contribution in [0, 0.1) is 0 Å². The van der Waals surface area contributed by atoms with Gasteiger partial charge >= 0.3 is 0 Å². The molecular formula is C18H18ClNOS. The van der Waals surface area contributed by atoms with Crippen LogP contribution in [0.1, 0.15) is 17.5 Å². The van der Waals surface area contributed by atoms with Crippen LogP contribution >= 0.6 is 11.6 Å². The second-order valence-electron chi connectivity index (χ2n) is 5.62. The standard InChI is InChI=1S/C18H18ClNOS/c1-20(2)11-5-7-14-15-6-3-4-8-17(15)22(21)18-10-9-13(19)12-16(14)18/h3-4,6-10,12H,5,11H2,1-2H3/b14-7-/t22-/m0/s1. The highest BCUT2D eigenvalue weighted by Gasteiger charge is 2.25. The minimum Gasteiger partial charge on any atom is -0.309 e. The van der Waals surface area contributed by atoms with Gasteiger partial charge in [0, 0.05) is 11.6 Å². The van der Waals surface area contributed by atoms with Gasteiger partial charge in [-0.2, -0.15) is 0 Å². The Morgan fingerprint density at radius 1 is 1.09 bits per heavy atom. The van der Waals surface area contributed by atoms with Crippen molar-refractivity contribution in [1.29, 1.82) is 0 Å². The topological polar surface area (TPSA) is 20.3 Å². The van der Waals surface area contributed by atoms with Gasteiger partial charge in [0.1, 0.15) is 0 Å². The number of rotatable bonds is 3. The van der Waals surface area contributed by atoms with Crippen LogP contribution in [0.25, 0.3) is 5.57 Å². The SMILES string of the molecule is CN(C)CC/C=C1/c2ccccc2[S@](=O)c2ccc(Cl)cc21. The van der Waals surface area contributed by atoms with Crippen molar-refractivity contribution in [3.8, 4) is 0 Å². The summed E-state index contributed by atoms with van der Waals surface area (Å²) in [5, 5.41) is 0.675. The zero-order valence-electron chi connectivity index (χ0n) is 12.7. The van der Waals surface area contributed by atoms with E-state index in [1.807, 2.05) is 42.5 Å². The quantitative estimate of drug-likeness (QED) is 0.716. The van der Waals surface area contributed by atoms with Crippen LogP contribution < -0.4 is 0 Å². The van der Waals surface area contributed by atoms with Crippen LogP contribution in [-0.2, 0) is 10.8 Å². The fourth-order valence-electron chi connectivity index (χ4n) is 2.68. The molecule has 0 saturated heterocycles. The lowest BCUT2D eigenvalue weighted by atomic mass is 9.96. The number of nitrogens with zero attached hydrogens (tertiary/aromatic N) is 1. The predicted molar refractivity (Wildman–Crippen MR) is 92.8 cm³/mol. The zero-order valence-corrected chi connectivity index (χ0v) is 14.2. The van der Waals surface area contributed by atoms with Gasteiger partial charge in [0.2, 0.25) is 0 Å². The first-order valence-electron chi connectivity index (χ1n) is 7.24. The maximum atomic E-state index is 12.8. The first-order chi connectivity index (χ1) is 10.6. The van der Waals surface area contributed by atoms with Crippen LogP contribution in [0.2, 0.25) is 5.02 Å². The van der Waals surface area contributed by atoms with Gasteiger partial charge in [-0.3, -0.25) is 0 Å². The molecule has 114 valence electrons. The Labute approximate surface area is 138 Å². The Bertz CT molecular complexity index is 767. The van der Waals surface area contributed by atoms with Crippen molar-refractivity contribution >= 4 is 28.0 Å². The molecule has 0 aliphatic carbocycles. The van der Waals surface area contributed by atoms with E-state index in [1.54, 1.807) is 0 Å². The van der Waals surface area contributed by atoms with Crippen molar-refractivity contribution in [1.82, 2.24) is 4.90 Å². The fraction of sp³-hybridized carbons (Fsp3) is 0.222. The van der Waals surface area contributed by atoms with Crippen LogP contribution in [0.4, 0.5) is 0 Å². The van der Waals surface area contributed by atoms with Crippen molar-refractivity contribution in [2.45, 2.75) is 16.2 Å². The van der Waals surface area contributed by atoms with E-state index in [0.29, 0.717) is 5.02 Å². The van der Waals surface area contributed by atoms with Crippen LogP contribution in [0.15, 0.2) is 58.3 Å².